The van der Waals surface area contributed by atoms with Crippen molar-refractivity contribution in [2.24, 2.45) is 0 Å². The molecule has 0 saturated carbocycles. The zero-order chi connectivity index (χ0) is 41.7. The molecule has 0 aromatic heterocycles. The average Bonchev–Trinajstić information content (AvgIpc) is 3.10. The summed E-state index contributed by atoms with van der Waals surface area (Å²) in [5, 5.41) is 133. The molecule has 3 fully saturated rings. The van der Waals surface area contributed by atoms with Gasteiger partial charge >= 0.3 is 11.9 Å². The van der Waals surface area contributed by atoms with Crippen molar-refractivity contribution < 1.29 is 109 Å². The zero-order valence-electron chi connectivity index (χ0n) is 29.6. The van der Waals surface area contributed by atoms with Crippen LogP contribution in [0.15, 0.2) is 0 Å². The summed E-state index contributed by atoms with van der Waals surface area (Å²) in [5.41, 5.74) is 0. The van der Waals surface area contributed by atoms with Crippen molar-refractivity contribution >= 4 is 29.7 Å². The van der Waals surface area contributed by atoms with Crippen LogP contribution in [0.2, 0.25) is 0 Å². The lowest BCUT2D eigenvalue weighted by molar-refractivity contribution is -0.349. The largest absolute Gasteiger partial charge is 0.477 e. The number of amides is 3. The van der Waals surface area contributed by atoms with Crippen LogP contribution in [0.4, 0.5) is 0 Å². The Labute approximate surface area is 311 Å². The molecule has 15 N–H and O–H groups in total. The maximum atomic E-state index is 12.7. The Morgan fingerprint density at radius 2 is 1.15 bits per heavy atom. The van der Waals surface area contributed by atoms with E-state index in [1.165, 1.54) is 0 Å². The van der Waals surface area contributed by atoms with Gasteiger partial charge in [0.15, 0.2) is 6.29 Å². The molecule has 17 atom stereocenters. The minimum absolute atomic E-state index is 0.709. The van der Waals surface area contributed by atoms with Crippen molar-refractivity contribution in [1.82, 2.24) is 16.0 Å². The van der Waals surface area contributed by atoms with E-state index in [0.717, 1.165) is 20.8 Å². The Morgan fingerprint density at radius 3 is 1.60 bits per heavy atom. The van der Waals surface area contributed by atoms with Crippen LogP contribution in [0.25, 0.3) is 0 Å². The van der Waals surface area contributed by atoms with E-state index < -0.39 is 165 Å². The van der Waals surface area contributed by atoms with Crippen LogP contribution in [0.3, 0.4) is 0 Å². The summed E-state index contributed by atoms with van der Waals surface area (Å²) in [4.78, 5) is 60.9. The number of ether oxygens (including phenoxy) is 5. The van der Waals surface area contributed by atoms with Crippen molar-refractivity contribution in [3.05, 3.63) is 0 Å². The smallest absolute Gasteiger partial charge is 0.364 e. The molecular weight excluding hydrogens is 754 g/mol. The van der Waals surface area contributed by atoms with E-state index in [0.29, 0.717) is 0 Å². The van der Waals surface area contributed by atoms with Crippen molar-refractivity contribution in [2.45, 2.75) is 137 Å². The molecule has 25 heteroatoms. The average molecular weight is 804 g/mol. The SMILES string of the molecule is CC(=O)N[C@@H]1[C@@H](O)[C@@H](O)[C@@H](CO[C@]2(C(=O)O)C[C@H](O)[C@@H](NC(C)=O)[C@H]([C@H](O)[C@@H](CO)O[C@]3(C(=O)O)C[C@H](O)[C@@H](NC(C)=O)[C@H]([C@H](O)[C@H](O)CO)O3)O2)O[C@@H]1O. The molecule has 25 nitrogen and oxygen atoms in total. The number of hydrogen-bond donors (Lipinski definition) is 15. The number of aliphatic hydroxyl groups excluding tert-OH is 10. The first-order valence-corrected chi connectivity index (χ1v) is 16.8. The van der Waals surface area contributed by atoms with E-state index in [1.807, 2.05) is 0 Å². The van der Waals surface area contributed by atoms with Gasteiger partial charge in [0.25, 0.3) is 11.6 Å². The molecule has 3 heterocycles. The van der Waals surface area contributed by atoms with Gasteiger partial charge in [0.05, 0.1) is 44.1 Å². The van der Waals surface area contributed by atoms with E-state index in [4.69, 9.17) is 23.7 Å². The summed E-state index contributed by atoms with van der Waals surface area (Å²) in [6.45, 7) is -0.454. The van der Waals surface area contributed by atoms with Crippen LogP contribution >= 0.6 is 0 Å². The Bertz CT molecular complexity index is 1380. The number of carbonyl (C=O) groups is 5. The number of rotatable bonds is 16. The molecule has 0 spiro atoms. The molecule has 0 unspecified atom stereocenters. The van der Waals surface area contributed by atoms with Gasteiger partial charge < -0.3 is 101 Å². The highest BCUT2D eigenvalue weighted by atomic mass is 16.8. The highest BCUT2D eigenvalue weighted by Gasteiger charge is 2.60. The minimum Gasteiger partial charge on any atom is -0.477 e. The predicted molar refractivity (Wildman–Crippen MR) is 170 cm³/mol. The number of carboxylic acids is 2. The molecule has 3 saturated heterocycles. The number of carboxylic acid groups (broad SMARTS) is 2. The van der Waals surface area contributed by atoms with E-state index in [1.54, 1.807) is 0 Å². The quantitative estimate of drug-likeness (QED) is 0.0689. The highest BCUT2D eigenvalue weighted by molar-refractivity contribution is 5.77. The van der Waals surface area contributed by atoms with Crippen LogP contribution in [-0.2, 0) is 47.7 Å². The standard InChI is InChI=1S/C30H49N3O22/c1-9(36)31-17-13(40)5-30(28(49)50,55-24(17)20(42)14(41)6-34)53-15(7-35)22(44)25-18(32-10(2)37)12(39)4-29(54-25,27(47)48)51-8-16-21(43)23(45)19(26(46)52-16)33-11(3)38/h12-26,34-35,39-46H,4-8H2,1-3H3,(H,31,36)(H,32,37)(H,33,38)(H,47,48)(H,49,50)/t12-,13-,14+,15+,16+,17+,18+,19+,20+,21-,22+,23+,24+,25+,26-,29+,30+/m0/s1. The third-order valence-corrected chi connectivity index (χ3v) is 9.27. The monoisotopic (exact) mass is 803 g/mol. The molecule has 3 rings (SSSR count). The summed E-state index contributed by atoms with van der Waals surface area (Å²) >= 11 is 0. The van der Waals surface area contributed by atoms with E-state index in [9.17, 15) is 85.3 Å². The van der Waals surface area contributed by atoms with Gasteiger partial charge in [-0.05, 0) is 0 Å². The van der Waals surface area contributed by atoms with Crippen molar-refractivity contribution in [1.29, 1.82) is 0 Å². The first-order valence-electron chi connectivity index (χ1n) is 16.8. The Kier molecular flexibility index (Phi) is 15.8. The number of hydrogen-bond acceptors (Lipinski definition) is 20. The van der Waals surface area contributed by atoms with E-state index in [2.05, 4.69) is 16.0 Å². The predicted octanol–water partition coefficient (Wildman–Crippen LogP) is -8.73. The van der Waals surface area contributed by atoms with Crippen LogP contribution in [0, 0.1) is 0 Å². The summed E-state index contributed by atoms with van der Waals surface area (Å²) in [6, 6.07) is -4.89. The maximum absolute atomic E-state index is 12.7. The van der Waals surface area contributed by atoms with Gasteiger partial charge in [0.1, 0.15) is 61.0 Å². The molecule has 0 bridgehead atoms. The second-order valence-corrected chi connectivity index (χ2v) is 13.4. The first-order chi connectivity index (χ1) is 25.5. The number of carbonyl (C=O) groups excluding carboxylic acids is 3. The molecule has 3 amide bonds. The van der Waals surface area contributed by atoms with E-state index in [-0.39, 0.29) is 0 Å². The topological polar surface area (TPSA) is 410 Å². The summed E-state index contributed by atoms with van der Waals surface area (Å²) in [7, 11) is 0. The molecule has 316 valence electrons. The lowest BCUT2D eigenvalue weighted by atomic mass is 9.87. The molecular formula is C30H49N3O22. The van der Waals surface area contributed by atoms with Crippen molar-refractivity contribution in [2.75, 3.05) is 19.8 Å². The van der Waals surface area contributed by atoms with Gasteiger partial charge in [-0.3, -0.25) is 14.4 Å². The van der Waals surface area contributed by atoms with Gasteiger partial charge in [0, 0.05) is 33.6 Å². The van der Waals surface area contributed by atoms with Crippen LogP contribution in [-0.4, -0.2) is 214 Å². The molecule has 3 aliphatic heterocycles. The lowest BCUT2D eigenvalue weighted by Crippen LogP contribution is -2.70. The van der Waals surface area contributed by atoms with Gasteiger partial charge in [0.2, 0.25) is 17.7 Å². The molecule has 55 heavy (non-hydrogen) atoms. The van der Waals surface area contributed by atoms with E-state index >= 15 is 0 Å². The Hall–Kier alpha value is -3.25. The number of aliphatic hydroxyl groups is 10. The second-order valence-electron chi connectivity index (χ2n) is 13.4. The molecule has 3 aliphatic rings. The normalized spacial score (nSPS) is 38.8. The second kappa shape index (κ2) is 18.8. The molecule has 0 aromatic rings. The fraction of sp³-hybridized carbons (Fsp3) is 0.833. The summed E-state index contributed by atoms with van der Waals surface area (Å²) < 4.78 is 27.3. The van der Waals surface area contributed by atoms with Crippen LogP contribution < -0.4 is 16.0 Å². The van der Waals surface area contributed by atoms with Gasteiger partial charge in [-0.1, -0.05) is 0 Å². The van der Waals surface area contributed by atoms with Gasteiger partial charge in [-0.15, -0.1) is 0 Å². The molecule has 0 radical (unpaired) electrons. The van der Waals surface area contributed by atoms with Crippen molar-refractivity contribution in [3.63, 3.8) is 0 Å². The fourth-order valence-electron chi connectivity index (χ4n) is 6.56. The zero-order valence-corrected chi connectivity index (χ0v) is 29.6. The summed E-state index contributed by atoms with van der Waals surface area (Å²) in [5.74, 6) is -12.6. The van der Waals surface area contributed by atoms with Gasteiger partial charge in [-0.2, -0.15) is 0 Å². The van der Waals surface area contributed by atoms with Crippen LogP contribution in [0.5, 0.6) is 0 Å². The summed E-state index contributed by atoms with van der Waals surface area (Å²) in [6.07, 6.45) is -26.7. The highest BCUT2D eigenvalue weighted by Crippen LogP contribution is 2.38. The molecule has 0 aliphatic carbocycles. The third-order valence-electron chi connectivity index (χ3n) is 9.27. The van der Waals surface area contributed by atoms with Crippen molar-refractivity contribution in [3.8, 4) is 0 Å². The number of nitrogens with one attached hydrogen (secondary N) is 3. The Balaban J connectivity index is 1.98. The van der Waals surface area contributed by atoms with Gasteiger partial charge in [-0.25, -0.2) is 9.59 Å². The number of aliphatic carboxylic acids is 2. The van der Waals surface area contributed by atoms with Crippen LogP contribution in [0.1, 0.15) is 33.6 Å². The fourth-order valence-corrected chi connectivity index (χ4v) is 6.56. The molecule has 0 aromatic carbocycles. The lowest BCUT2D eigenvalue weighted by Gasteiger charge is -2.49. The first kappa shape index (κ1) is 46.1. The third kappa shape index (κ3) is 10.4. The Morgan fingerprint density at radius 1 is 0.691 bits per heavy atom. The maximum Gasteiger partial charge on any atom is 0.364 e. The minimum atomic E-state index is -3.15.